The fraction of sp³-hybridized carbons (Fsp3) is 0.474. The molecule has 1 aliphatic heterocycles. The van der Waals surface area contributed by atoms with Gasteiger partial charge in [0.25, 0.3) is 0 Å². The maximum absolute atomic E-state index is 9.58. The second kappa shape index (κ2) is 6.99. The molecule has 0 spiro atoms. The molecule has 0 bridgehead atoms. The molecular formula is C19H24N4O3. The molecule has 1 aromatic heterocycles. The highest BCUT2D eigenvalue weighted by molar-refractivity contribution is 5.51. The largest absolute Gasteiger partial charge is 0.493 e. The van der Waals surface area contributed by atoms with Crippen LogP contribution in [0.25, 0.3) is 0 Å². The summed E-state index contributed by atoms with van der Waals surface area (Å²) in [6.45, 7) is 2.10. The first-order valence-corrected chi connectivity index (χ1v) is 9.00. The highest BCUT2D eigenvalue weighted by atomic mass is 16.5. The first-order chi connectivity index (χ1) is 12.6. The zero-order valence-corrected chi connectivity index (χ0v) is 14.9. The molecule has 4 rings (SSSR count). The fourth-order valence-corrected chi connectivity index (χ4v) is 3.59. The van der Waals surface area contributed by atoms with Crippen LogP contribution in [0.1, 0.15) is 36.4 Å². The lowest BCUT2D eigenvalue weighted by molar-refractivity contribution is 0.0732. The summed E-state index contributed by atoms with van der Waals surface area (Å²) >= 11 is 0. The van der Waals surface area contributed by atoms with E-state index in [0.29, 0.717) is 13.2 Å². The predicted molar refractivity (Wildman–Crippen MR) is 98.6 cm³/mol. The lowest BCUT2D eigenvalue weighted by Crippen LogP contribution is -2.30. The monoisotopic (exact) mass is 356 g/mol. The van der Waals surface area contributed by atoms with Gasteiger partial charge in [-0.25, -0.2) is 4.98 Å². The van der Waals surface area contributed by atoms with Crippen LogP contribution in [0.5, 0.6) is 11.5 Å². The van der Waals surface area contributed by atoms with Crippen LogP contribution < -0.4 is 20.1 Å². The Kier molecular flexibility index (Phi) is 4.55. The molecule has 7 nitrogen and oxygen atoms in total. The number of hydrogen-bond acceptors (Lipinski definition) is 7. The number of methoxy groups -OCH3 is 1. The number of ether oxygens (including phenoxy) is 2. The van der Waals surface area contributed by atoms with Crippen LogP contribution in [0, 0.1) is 0 Å². The van der Waals surface area contributed by atoms with Gasteiger partial charge in [-0.3, -0.25) is 0 Å². The number of rotatable bonds is 3. The number of nitrogens with two attached hydrogens (primary N) is 1. The van der Waals surface area contributed by atoms with E-state index in [1.807, 2.05) is 24.3 Å². The van der Waals surface area contributed by atoms with E-state index in [-0.39, 0.29) is 18.0 Å². The molecular weight excluding hydrogens is 332 g/mol. The zero-order chi connectivity index (χ0) is 18.1. The van der Waals surface area contributed by atoms with E-state index in [2.05, 4.69) is 14.9 Å². The number of benzene rings is 1. The molecule has 0 amide bonds. The molecule has 0 radical (unpaired) electrons. The van der Waals surface area contributed by atoms with Crippen molar-refractivity contribution in [2.24, 2.45) is 0 Å². The van der Waals surface area contributed by atoms with Crippen LogP contribution in [0.3, 0.4) is 0 Å². The first kappa shape index (κ1) is 16.9. The third-order valence-electron chi connectivity index (χ3n) is 5.07. The quantitative estimate of drug-likeness (QED) is 0.870. The Morgan fingerprint density at radius 1 is 1.31 bits per heavy atom. The summed E-state index contributed by atoms with van der Waals surface area (Å²) in [5, 5.41) is 9.58. The van der Waals surface area contributed by atoms with E-state index >= 15 is 0 Å². The molecule has 26 heavy (non-hydrogen) atoms. The Morgan fingerprint density at radius 3 is 2.92 bits per heavy atom. The molecule has 1 fully saturated rings. The number of nitrogen functional groups attached to an aromatic ring is 1. The highest BCUT2D eigenvalue weighted by Gasteiger charge is 2.30. The maximum Gasteiger partial charge on any atom is 0.222 e. The number of nitrogens with zero attached hydrogens (tertiary/aromatic N) is 3. The van der Waals surface area contributed by atoms with Crippen LogP contribution in [-0.2, 0) is 6.54 Å². The average molecular weight is 356 g/mol. The minimum Gasteiger partial charge on any atom is -0.493 e. The number of aliphatic hydroxyl groups excluding tert-OH is 1. The summed E-state index contributed by atoms with van der Waals surface area (Å²) in [6.07, 6.45) is 2.13. The van der Waals surface area contributed by atoms with Gasteiger partial charge in [-0.15, -0.1) is 0 Å². The molecule has 138 valence electrons. The molecule has 3 N–H and O–H groups in total. The van der Waals surface area contributed by atoms with Crippen molar-refractivity contribution >= 4 is 11.8 Å². The van der Waals surface area contributed by atoms with Crippen molar-refractivity contribution in [1.29, 1.82) is 0 Å². The van der Waals surface area contributed by atoms with Crippen LogP contribution >= 0.6 is 0 Å². The van der Waals surface area contributed by atoms with E-state index in [9.17, 15) is 5.11 Å². The van der Waals surface area contributed by atoms with Crippen molar-refractivity contribution in [3.63, 3.8) is 0 Å². The normalized spacial score (nSPS) is 22.5. The number of para-hydroxylation sites is 1. The number of aliphatic hydroxyl groups is 1. The lowest BCUT2D eigenvalue weighted by Gasteiger charge is -2.32. The summed E-state index contributed by atoms with van der Waals surface area (Å²) in [5.41, 5.74) is 7.95. The van der Waals surface area contributed by atoms with Crippen molar-refractivity contribution in [3.05, 3.63) is 35.5 Å². The van der Waals surface area contributed by atoms with Crippen molar-refractivity contribution in [1.82, 2.24) is 9.97 Å². The van der Waals surface area contributed by atoms with Crippen LogP contribution in [0.15, 0.2) is 24.3 Å². The molecule has 1 aromatic carbocycles. The molecule has 0 saturated heterocycles. The third-order valence-corrected chi connectivity index (χ3v) is 5.07. The van der Waals surface area contributed by atoms with Gasteiger partial charge >= 0.3 is 0 Å². The number of fused-ring (bicyclic) bond motifs is 1. The van der Waals surface area contributed by atoms with Gasteiger partial charge < -0.3 is 25.2 Å². The summed E-state index contributed by atoms with van der Waals surface area (Å²) in [4.78, 5) is 11.1. The first-order valence-electron chi connectivity index (χ1n) is 9.00. The maximum atomic E-state index is 9.58. The van der Waals surface area contributed by atoms with Gasteiger partial charge in [0.15, 0.2) is 11.5 Å². The number of hydrogen-bond donors (Lipinski definition) is 2. The van der Waals surface area contributed by atoms with Crippen LogP contribution in [-0.4, -0.2) is 41.4 Å². The second-order valence-electron chi connectivity index (χ2n) is 6.90. The Morgan fingerprint density at radius 2 is 2.15 bits per heavy atom. The molecule has 1 aliphatic carbocycles. The summed E-state index contributed by atoms with van der Waals surface area (Å²) in [5.74, 6) is 2.91. The van der Waals surface area contributed by atoms with Gasteiger partial charge in [0.2, 0.25) is 5.95 Å². The molecule has 2 aromatic rings. The van der Waals surface area contributed by atoms with Crippen LogP contribution in [0.2, 0.25) is 0 Å². The Labute approximate surface area is 152 Å². The van der Waals surface area contributed by atoms with Gasteiger partial charge in [-0.1, -0.05) is 12.1 Å². The van der Waals surface area contributed by atoms with Gasteiger partial charge in [-0.2, -0.15) is 4.98 Å². The average Bonchev–Trinajstić information content (AvgIpc) is 2.58. The molecule has 0 atom stereocenters. The van der Waals surface area contributed by atoms with Gasteiger partial charge in [0.05, 0.1) is 25.5 Å². The highest BCUT2D eigenvalue weighted by Crippen LogP contribution is 2.38. The fourth-order valence-electron chi connectivity index (χ4n) is 3.59. The standard InChI is InChI=1S/C19H24N4O3/c1-25-16-5-2-4-12-11-23(6-3-7-26-18(12)16)17-10-15(21-19(20)22-17)13-8-14(24)9-13/h2,4-5,10,13-14,24H,3,6-9,11H2,1H3,(H2,20,21,22). The van der Waals surface area contributed by atoms with Crippen molar-refractivity contribution in [3.8, 4) is 11.5 Å². The van der Waals surface area contributed by atoms with E-state index in [0.717, 1.165) is 54.4 Å². The summed E-state index contributed by atoms with van der Waals surface area (Å²) in [6, 6.07) is 7.93. The van der Waals surface area contributed by atoms with Gasteiger partial charge in [-0.05, 0) is 25.3 Å². The van der Waals surface area contributed by atoms with E-state index < -0.39 is 0 Å². The zero-order valence-electron chi connectivity index (χ0n) is 14.9. The molecule has 2 aliphatic rings. The van der Waals surface area contributed by atoms with E-state index in [1.54, 1.807) is 7.11 Å². The number of aromatic nitrogens is 2. The van der Waals surface area contributed by atoms with Gasteiger partial charge in [0, 0.05) is 30.6 Å². The Bertz CT molecular complexity index is 792. The summed E-state index contributed by atoms with van der Waals surface area (Å²) < 4.78 is 11.4. The third kappa shape index (κ3) is 3.26. The lowest BCUT2D eigenvalue weighted by atomic mass is 9.80. The van der Waals surface area contributed by atoms with Crippen molar-refractivity contribution in [2.45, 2.75) is 37.8 Å². The van der Waals surface area contributed by atoms with Gasteiger partial charge in [0.1, 0.15) is 5.82 Å². The molecule has 1 saturated carbocycles. The topological polar surface area (TPSA) is 93.7 Å². The summed E-state index contributed by atoms with van der Waals surface area (Å²) in [7, 11) is 1.65. The second-order valence-corrected chi connectivity index (χ2v) is 6.90. The smallest absolute Gasteiger partial charge is 0.222 e. The molecule has 2 heterocycles. The number of anilines is 2. The van der Waals surface area contributed by atoms with Crippen molar-refractivity contribution in [2.75, 3.05) is 30.9 Å². The Hall–Kier alpha value is -2.54. The Balaban J connectivity index is 1.64. The van der Waals surface area contributed by atoms with Crippen molar-refractivity contribution < 1.29 is 14.6 Å². The predicted octanol–water partition coefficient (Wildman–Crippen LogP) is 2.09. The molecule has 7 heteroatoms. The minimum atomic E-state index is -0.224. The van der Waals surface area contributed by atoms with E-state index in [1.165, 1.54) is 0 Å². The molecule has 0 unspecified atom stereocenters. The SMILES string of the molecule is COc1cccc2c1OCCCN(c1cc(C3CC(O)C3)nc(N)n1)C2. The van der Waals surface area contributed by atoms with Crippen LogP contribution in [0.4, 0.5) is 11.8 Å². The van der Waals surface area contributed by atoms with E-state index in [4.69, 9.17) is 15.2 Å². The minimum absolute atomic E-state index is 0.224.